The molecule has 0 fully saturated rings. The summed E-state index contributed by atoms with van der Waals surface area (Å²) in [4.78, 5) is 26.7. The van der Waals surface area contributed by atoms with Gasteiger partial charge in [0.15, 0.2) is 0 Å². The van der Waals surface area contributed by atoms with Gasteiger partial charge in [-0.05, 0) is 30.3 Å². The molecule has 2 N–H and O–H groups in total. The van der Waals surface area contributed by atoms with Crippen molar-refractivity contribution in [3.05, 3.63) is 48.3 Å². The summed E-state index contributed by atoms with van der Waals surface area (Å²) in [6.45, 7) is 0. The fourth-order valence-corrected chi connectivity index (χ4v) is 1.85. The molecule has 0 aliphatic carbocycles. The van der Waals surface area contributed by atoms with Crippen LogP contribution in [-0.4, -0.2) is 23.8 Å². The molecule has 0 aliphatic rings. The molecule has 122 valence electrons. The molecule has 0 radical (unpaired) electrons. The van der Waals surface area contributed by atoms with Gasteiger partial charge in [-0.3, -0.25) is 9.59 Å². The first-order chi connectivity index (χ1) is 11.6. The molecule has 0 aliphatic heterocycles. The average molecular weight is 324 g/mol. The number of ether oxygens (including phenoxy) is 1. The molecule has 2 rings (SSSR count). The summed E-state index contributed by atoms with van der Waals surface area (Å²) >= 11 is 0. The number of nitrogens with zero attached hydrogens (tertiary/aromatic N) is 2. The van der Waals surface area contributed by atoms with Crippen molar-refractivity contribution in [2.24, 2.45) is 0 Å². The van der Waals surface area contributed by atoms with E-state index in [1.807, 2.05) is 6.07 Å². The number of carbonyl (C=O) groups is 2. The second kappa shape index (κ2) is 8.29. The zero-order valence-corrected chi connectivity index (χ0v) is 13.1. The van der Waals surface area contributed by atoms with Crippen molar-refractivity contribution >= 4 is 17.5 Å². The summed E-state index contributed by atoms with van der Waals surface area (Å²) in [5, 5.41) is 14.0. The Morgan fingerprint density at radius 3 is 2.50 bits per heavy atom. The quantitative estimate of drug-likeness (QED) is 0.847. The van der Waals surface area contributed by atoms with Crippen LogP contribution in [-0.2, 0) is 9.59 Å². The van der Waals surface area contributed by atoms with Crippen LogP contribution in [0.5, 0.6) is 11.5 Å². The van der Waals surface area contributed by atoms with Gasteiger partial charge in [-0.25, -0.2) is 4.98 Å². The third kappa shape index (κ3) is 5.10. The van der Waals surface area contributed by atoms with Crippen molar-refractivity contribution in [2.45, 2.75) is 12.8 Å². The molecule has 0 unspecified atom stereocenters. The van der Waals surface area contributed by atoms with Crippen LogP contribution in [0.25, 0.3) is 0 Å². The van der Waals surface area contributed by atoms with Crippen LogP contribution in [0, 0.1) is 11.3 Å². The lowest BCUT2D eigenvalue weighted by Crippen LogP contribution is -2.20. The molecule has 0 spiro atoms. The van der Waals surface area contributed by atoms with Gasteiger partial charge in [0.1, 0.15) is 23.3 Å². The Balaban J connectivity index is 1.92. The Labute approximate surface area is 139 Å². The highest BCUT2D eigenvalue weighted by atomic mass is 16.5. The maximum atomic E-state index is 11.7. The van der Waals surface area contributed by atoms with E-state index in [-0.39, 0.29) is 30.3 Å². The maximum Gasteiger partial charge on any atom is 0.224 e. The van der Waals surface area contributed by atoms with E-state index in [0.29, 0.717) is 17.2 Å². The Morgan fingerprint density at radius 1 is 1.12 bits per heavy atom. The van der Waals surface area contributed by atoms with Gasteiger partial charge in [-0.1, -0.05) is 0 Å². The predicted octanol–water partition coefficient (Wildman–Crippen LogP) is 2.21. The van der Waals surface area contributed by atoms with Crippen LogP contribution in [0.1, 0.15) is 18.5 Å². The van der Waals surface area contributed by atoms with Gasteiger partial charge in [-0.15, -0.1) is 0 Å². The normalized spacial score (nSPS) is 9.67. The fourth-order valence-electron chi connectivity index (χ4n) is 1.85. The first kappa shape index (κ1) is 17.0. The van der Waals surface area contributed by atoms with Crippen LogP contribution < -0.4 is 15.4 Å². The number of aromatic nitrogens is 1. The van der Waals surface area contributed by atoms with Crippen LogP contribution >= 0.6 is 0 Å². The molecule has 2 amide bonds. The minimum absolute atomic E-state index is 0.117. The number of pyridine rings is 1. The summed E-state index contributed by atoms with van der Waals surface area (Å²) in [7, 11) is 1.53. The van der Waals surface area contributed by atoms with Gasteiger partial charge in [-0.2, -0.15) is 5.26 Å². The zero-order valence-electron chi connectivity index (χ0n) is 13.1. The third-order valence-electron chi connectivity index (χ3n) is 3.08. The lowest BCUT2D eigenvalue weighted by atomic mass is 10.2. The van der Waals surface area contributed by atoms with E-state index >= 15 is 0 Å². The molecule has 7 nitrogen and oxygen atoms in total. The van der Waals surface area contributed by atoms with Crippen LogP contribution in [0.4, 0.5) is 5.69 Å². The molecule has 0 atom stereocenters. The Kier molecular flexibility index (Phi) is 5.86. The van der Waals surface area contributed by atoms with E-state index in [1.165, 1.54) is 19.3 Å². The largest absolute Gasteiger partial charge is 0.457 e. The number of anilines is 1. The Hall–Kier alpha value is -3.40. The number of benzene rings is 1. The van der Waals surface area contributed by atoms with E-state index in [4.69, 9.17) is 10.00 Å². The van der Waals surface area contributed by atoms with E-state index in [9.17, 15) is 9.59 Å². The van der Waals surface area contributed by atoms with Crippen LogP contribution in [0.3, 0.4) is 0 Å². The topological polar surface area (TPSA) is 104 Å². The summed E-state index contributed by atoms with van der Waals surface area (Å²) in [5.74, 6) is 0.653. The van der Waals surface area contributed by atoms with Gasteiger partial charge in [0.2, 0.25) is 11.8 Å². The molecular formula is C17H16N4O3. The molecule has 2 aromatic rings. The molecule has 1 aromatic carbocycles. The van der Waals surface area contributed by atoms with Crippen molar-refractivity contribution in [3.63, 3.8) is 0 Å². The predicted molar refractivity (Wildman–Crippen MR) is 87.4 cm³/mol. The van der Waals surface area contributed by atoms with Gasteiger partial charge in [0.05, 0.1) is 0 Å². The third-order valence-corrected chi connectivity index (χ3v) is 3.08. The van der Waals surface area contributed by atoms with E-state index < -0.39 is 0 Å². The van der Waals surface area contributed by atoms with Crippen LogP contribution in [0.15, 0.2) is 42.6 Å². The number of hydrogen-bond donors (Lipinski definition) is 2. The highest BCUT2D eigenvalue weighted by molar-refractivity contribution is 5.93. The molecule has 7 heteroatoms. The second-order valence-electron chi connectivity index (χ2n) is 4.84. The van der Waals surface area contributed by atoms with E-state index in [2.05, 4.69) is 15.6 Å². The Morgan fingerprint density at radius 2 is 1.83 bits per heavy atom. The highest BCUT2D eigenvalue weighted by Gasteiger charge is 2.06. The molecular weight excluding hydrogens is 308 g/mol. The fraction of sp³-hybridized carbons (Fsp3) is 0.176. The number of nitrogens with one attached hydrogen (secondary N) is 2. The van der Waals surface area contributed by atoms with Crippen molar-refractivity contribution in [3.8, 4) is 17.6 Å². The van der Waals surface area contributed by atoms with Crippen LogP contribution in [0.2, 0.25) is 0 Å². The van der Waals surface area contributed by atoms with E-state index in [0.717, 1.165) is 0 Å². The van der Waals surface area contributed by atoms with Gasteiger partial charge < -0.3 is 15.4 Å². The summed E-state index contributed by atoms with van der Waals surface area (Å²) in [6, 6.07) is 11.9. The number of rotatable bonds is 6. The van der Waals surface area contributed by atoms with Crippen molar-refractivity contribution < 1.29 is 14.3 Å². The zero-order chi connectivity index (χ0) is 17.4. The van der Waals surface area contributed by atoms with Crippen molar-refractivity contribution in [1.29, 1.82) is 5.26 Å². The molecule has 1 heterocycles. The monoisotopic (exact) mass is 324 g/mol. The molecule has 1 aromatic heterocycles. The number of amides is 2. The average Bonchev–Trinajstić information content (AvgIpc) is 2.61. The Bertz CT molecular complexity index is 766. The number of hydrogen-bond acceptors (Lipinski definition) is 5. The van der Waals surface area contributed by atoms with Gasteiger partial charge in [0, 0.05) is 37.8 Å². The molecule has 24 heavy (non-hydrogen) atoms. The standard InChI is InChI=1S/C17H16N4O3/c1-19-16(22)6-7-17(23)21-12-2-4-14(5-3-12)24-15-8-9-20-13(10-15)11-18/h2-5,8-10H,6-7H2,1H3,(H,19,22)(H,21,23). The highest BCUT2D eigenvalue weighted by Crippen LogP contribution is 2.23. The molecule has 0 saturated carbocycles. The van der Waals surface area contributed by atoms with Gasteiger partial charge in [0.25, 0.3) is 0 Å². The smallest absolute Gasteiger partial charge is 0.224 e. The lowest BCUT2D eigenvalue weighted by Gasteiger charge is -2.08. The first-order valence-electron chi connectivity index (χ1n) is 7.25. The van der Waals surface area contributed by atoms with Gasteiger partial charge >= 0.3 is 0 Å². The lowest BCUT2D eigenvalue weighted by molar-refractivity contribution is -0.124. The summed E-state index contributed by atoms with van der Waals surface area (Å²) in [5.41, 5.74) is 0.879. The minimum Gasteiger partial charge on any atom is -0.457 e. The summed E-state index contributed by atoms with van der Waals surface area (Å²) in [6.07, 6.45) is 1.76. The second-order valence-corrected chi connectivity index (χ2v) is 4.84. The van der Waals surface area contributed by atoms with Crippen molar-refractivity contribution in [1.82, 2.24) is 10.3 Å². The SMILES string of the molecule is CNC(=O)CCC(=O)Nc1ccc(Oc2ccnc(C#N)c2)cc1. The first-order valence-corrected chi connectivity index (χ1v) is 7.25. The van der Waals surface area contributed by atoms with Crippen molar-refractivity contribution in [2.75, 3.05) is 12.4 Å². The number of nitriles is 1. The maximum absolute atomic E-state index is 11.7. The minimum atomic E-state index is -0.236. The number of carbonyl (C=O) groups excluding carboxylic acids is 2. The molecule has 0 saturated heterocycles. The molecule has 0 bridgehead atoms. The summed E-state index contributed by atoms with van der Waals surface area (Å²) < 4.78 is 5.62. The van der Waals surface area contributed by atoms with E-state index in [1.54, 1.807) is 30.3 Å².